The number of amides is 1. The average Bonchev–Trinajstić information content (AvgIpc) is 3.31. The number of hydrogen-bond donors (Lipinski definition) is 1. The highest BCUT2D eigenvalue weighted by Crippen LogP contribution is 2.22. The van der Waals surface area contributed by atoms with Crippen molar-refractivity contribution in [3.8, 4) is 5.69 Å². The van der Waals surface area contributed by atoms with Crippen molar-refractivity contribution in [1.29, 1.82) is 0 Å². The van der Waals surface area contributed by atoms with Gasteiger partial charge in [0.25, 0.3) is 0 Å². The van der Waals surface area contributed by atoms with Gasteiger partial charge in [0.1, 0.15) is 0 Å². The van der Waals surface area contributed by atoms with Gasteiger partial charge in [-0.1, -0.05) is 17.7 Å². The van der Waals surface area contributed by atoms with Crippen LogP contribution in [0.2, 0.25) is 5.02 Å². The molecule has 0 unspecified atom stereocenters. The molecule has 0 saturated carbocycles. The fourth-order valence-corrected chi connectivity index (χ4v) is 3.01. The van der Waals surface area contributed by atoms with E-state index in [9.17, 15) is 4.79 Å². The van der Waals surface area contributed by atoms with Gasteiger partial charge in [0.2, 0.25) is 5.91 Å². The summed E-state index contributed by atoms with van der Waals surface area (Å²) in [7, 11) is 0. The lowest BCUT2D eigenvalue weighted by atomic mass is 10.2. The van der Waals surface area contributed by atoms with E-state index in [1.54, 1.807) is 21.8 Å². The quantitative estimate of drug-likeness (QED) is 0.583. The Morgan fingerprint density at radius 3 is 2.69 bits per heavy atom. The third-order valence-electron chi connectivity index (χ3n) is 4.10. The molecule has 0 atom stereocenters. The summed E-state index contributed by atoms with van der Waals surface area (Å²) in [5.41, 5.74) is 2.61. The second-order valence-corrected chi connectivity index (χ2v) is 6.24. The molecule has 0 fully saturated rings. The predicted molar refractivity (Wildman–Crippen MR) is 102 cm³/mol. The van der Waals surface area contributed by atoms with Gasteiger partial charge in [-0.3, -0.25) is 9.48 Å². The van der Waals surface area contributed by atoms with E-state index in [1.807, 2.05) is 54.7 Å². The van der Waals surface area contributed by atoms with Gasteiger partial charge in [0.05, 0.1) is 29.0 Å². The summed E-state index contributed by atoms with van der Waals surface area (Å²) < 4.78 is 3.56. The standard InChI is InChI=1S/C19H16ClN5O/c20-17-3-1-4-18-16(17)13-22-25(18)12-9-19(26)23-14-5-7-15(8-6-14)24-11-2-10-21-24/h1-8,10-11,13H,9,12H2,(H,23,26). The van der Waals surface area contributed by atoms with Crippen LogP contribution in [0, 0.1) is 0 Å². The van der Waals surface area contributed by atoms with Gasteiger partial charge in [0.15, 0.2) is 0 Å². The molecule has 4 rings (SSSR count). The number of rotatable bonds is 5. The number of carbonyl (C=O) groups excluding carboxylic acids is 1. The van der Waals surface area contributed by atoms with Crippen molar-refractivity contribution in [2.75, 3.05) is 5.32 Å². The summed E-state index contributed by atoms with van der Waals surface area (Å²) in [6.45, 7) is 0.487. The molecule has 26 heavy (non-hydrogen) atoms. The van der Waals surface area contributed by atoms with Crippen LogP contribution in [0.1, 0.15) is 6.42 Å². The van der Waals surface area contributed by atoms with E-state index in [2.05, 4.69) is 15.5 Å². The van der Waals surface area contributed by atoms with Crippen LogP contribution in [-0.4, -0.2) is 25.5 Å². The van der Waals surface area contributed by atoms with Crippen LogP contribution >= 0.6 is 11.6 Å². The lowest BCUT2D eigenvalue weighted by molar-refractivity contribution is -0.116. The zero-order chi connectivity index (χ0) is 17.9. The zero-order valence-corrected chi connectivity index (χ0v) is 14.6. The number of fused-ring (bicyclic) bond motifs is 1. The number of hydrogen-bond acceptors (Lipinski definition) is 3. The Labute approximate surface area is 155 Å². The molecule has 130 valence electrons. The molecular weight excluding hydrogens is 350 g/mol. The number of aryl methyl sites for hydroxylation is 1. The van der Waals surface area contributed by atoms with Crippen LogP contribution in [0.3, 0.4) is 0 Å². The molecular formula is C19H16ClN5O. The van der Waals surface area contributed by atoms with Gasteiger partial charge >= 0.3 is 0 Å². The highest BCUT2D eigenvalue weighted by Gasteiger charge is 2.08. The van der Waals surface area contributed by atoms with Crippen molar-refractivity contribution in [2.24, 2.45) is 0 Å². The Morgan fingerprint density at radius 1 is 1.08 bits per heavy atom. The number of nitrogens with one attached hydrogen (secondary N) is 1. The van der Waals surface area contributed by atoms with Crippen molar-refractivity contribution in [3.63, 3.8) is 0 Å². The highest BCUT2D eigenvalue weighted by molar-refractivity contribution is 6.35. The van der Waals surface area contributed by atoms with Crippen LogP contribution in [0.5, 0.6) is 0 Å². The third kappa shape index (κ3) is 3.32. The van der Waals surface area contributed by atoms with E-state index in [0.29, 0.717) is 18.0 Å². The van der Waals surface area contributed by atoms with E-state index >= 15 is 0 Å². The molecule has 4 aromatic rings. The first-order valence-electron chi connectivity index (χ1n) is 8.21. The van der Waals surface area contributed by atoms with Gasteiger partial charge < -0.3 is 5.32 Å². The van der Waals surface area contributed by atoms with Gasteiger partial charge in [-0.05, 0) is 42.5 Å². The normalized spacial score (nSPS) is 11.0. The smallest absolute Gasteiger partial charge is 0.226 e. The highest BCUT2D eigenvalue weighted by atomic mass is 35.5. The lowest BCUT2D eigenvalue weighted by Crippen LogP contribution is -2.15. The van der Waals surface area contributed by atoms with E-state index in [0.717, 1.165) is 22.3 Å². The molecule has 2 aromatic carbocycles. The molecule has 0 spiro atoms. The third-order valence-corrected chi connectivity index (χ3v) is 4.43. The van der Waals surface area contributed by atoms with Gasteiger partial charge in [-0.15, -0.1) is 0 Å². The minimum absolute atomic E-state index is 0.0671. The fourth-order valence-electron chi connectivity index (χ4n) is 2.80. The maximum Gasteiger partial charge on any atom is 0.226 e. The topological polar surface area (TPSA) is 64.7 Å². The van der Waals surface area contributed by atoms with Crippen LogP contribution in [-0.2, 0) is 11.3 Å². The Morgan fingerprint density at radius 2 is 1.92 bits per heavy atom. The summed E-state index contributed by atoms with van der Waals surface area (Å²) in [6, 6.07) is 15.1. The Bertz CT molecular complexity index is 1040. The molecule has 2 heterocycles. The minimum Gasteiger partial charge on any atom is -0.326 e. The lowest BCUT2D eigenvalue weighted by Gasteiger charge is -2.08. The van der Waals surface area contributed by atoms with Crippen molar-refractivity contribution in [2.45, 2.75) is 13.0 Å². The Balaban J connectivity index is 1.38. The summed E-state index contributed by atoms with van der Waals surface area (Å²) in [5.74, 6) is -0.0671. The van der Waals surface area contributed by atoms with Crippen LogP contribution < -0.4 is 5.32 Å². The monoisotopic (exact) mass is 365 g/mol. The fraction of sp³-hybridized carbons (Fsp3) is 0.105. The number of anilines is 1. The molecule has 0 radical (unpaired) electrons. The number of nitrogens with zero attached hydrogens (tertiary/aromatic N) is 4. The second kappa shape index (κ2) is 7.01. The first-order valence-corrected chi connectivity index (χ1v) is 8.58. The zero-order valence-electron chi connectivity index (χ0n) is 13.8. The molecule has 6 nitrogen and oxygen atoms in total. The summed E-state index contributed by atoms with van der Waals surface area (Å²) >= 11 is 6.15. The summed E-state index contributed by atoms with van der Waals surface area (Å²) in [5, 5.41) is 12.9. The van der Waals surface area contributed by atoms with E-state index in [4.69, 9.17) is 11.6 Å². The van der Waals surface area contributed by atoms with Crippen LogP contribution in [0.4, 0.5) is 5.69 Å². The molecule has 1 amide bonds. The van der Waals surface area contributed by atoms with Crippen LogP contribution in [0.15, 0.2) is 67.1 Å². The second-order valence-electron chi connectivity index (χ2n) is 5.84. The molecule has 1 N–H and O–H groups in total. The molecule has 0 aliphatic carbocycles. The summed E-state index contributed by atoms with van der Waals surface area (Å²) in [4.78, 5) is 12.2. The van der Waals surface area contributed by atoms with Crippen molar-refractivity contribution >= 4 is 34.1 Å². The first-order chi connectivity index (χ1) is 12.7. The Hall–Kier alpha value is -3.12. The van der Waals surface area contributed by atoms with Gasteiger partial charge in [0, 0.05) is 29.9 Å². The van der Waals surface area contributed by atoms with Gasteiger partial charge in [-0.25, -0.2) is 4.68 Å². The van der Waals surface area contributed by atoms with E-state index < -0.39 is 0 Å². The molecule has 0 bridgehead atoms. The first kappa shape index (κ1) is 16.4. The number of carbonyl (C=O) groups is 1. The average molecular weight is 366 g/mol. The summed E-state index contributed by atoms with van der Waals surface area (Å²) in [6.07, 6.45) is 5.64. The molecule has 2 aromatic heterocycles. The van der Waals surface area contributed by atoms with E-state index in [-0.39, 0.29) is 5.91 Å². The largest absolute Gasteiger partial charge is 0.326 e. The minimum atomic E-state index is -0.0671. The SMILES string of the molecule is O=C(CCn1ncc2c(Cl)cccc21)Nc1ccc(-n2cccn2)cc1. The van der Waals surface area contributed by atoms with Crippen molar-refractivity contribution in [1.82, 2.24) is 19.6 Å². The number of aromatic nitrogens is 4. The van der Waals surface area contributed by atoms with Crippen molar-refractivity contribution < 1.29 is 4.79 Å². The maximum absolute atomic E-state index is 12.2. The molecule has 7 heteroatoms. The van der Waals surface area contributed by atoms with Gasteiger partial charge in [-0.2, -0.15) is 10.2 Å². The Kier molecular flexibility index (Phi) is 4.41. The predicted octanol–water partition coefficient (Wildman–Crippen LogP) is 3.90. The molecule has 0 aliphatic rings. The van der Waals surface area contributed by atoms with Crippen molar-refractivity contribution in [3.05, 3.63) is 72.1 Å². The molecule has 0 aliphatic heterocycles. The van der Waals surface area contributed by atoms with E-state index in [1.165, 1.54) is 0 Å². The number of halogens is 1. The molecule has 0 saturated heterocycles. The maximum atomic E-state index is 12.2. The van der Waals surface area contributed by atoms with Crippen LogP contribution in [0.25, 0.3) is 16.6 Å². The number of benzene rings is 2.